The predicted octanol–water partition coefficient (Wildman–Crippen LogP) is 5.44. The van der Waals surface area contributed by atoms with Gasteiger partial charge in [-0.05, 0) is 43.0 Å². The van der Waals surface area contributed by atoms with E-state index in [0.29, 0.717) is 18.2 Å². The van der Waals surface area contributed by atoms with Gasteiger partial charge in [0.25, 0.3) is 5.91 Å². The van der Waals surface area contributed by atoms with E-state index < -0.39 is 17.6 Å². The molecule has 186 valence electrons. The molecule has 0 bridgehead atoms. The smallest absolute Gasteiger partial charge is 0.350 e. The van der Waals surface area contributed by atoms with Crippen LogP contribution in [0.3, 0.4) is 0 Å². The van der Waals surface area contributed by atoms with Crippen LogP contribution in [0.25, 0.3) is 10.9 Å². The largest absolute Gasteiger partial charge is 0.416 e. The third kappa shape index (κ3) is 6.20. The number of hydrogen-bond donors (Lipinski definition) is 1. The molecule has 0 aliphatic carbocycles. The number of alkyl halides is 3. The molecular weight excluding hydrogens is 475 g/mol. The molecule has 1 N–H and O–H groups in total. The average molecular weight is 504 g/mol. The number of fused-ring (bicyclic) bond motifs is 1. The van der Waals surface area contributed by atoms with Gasteiger partial charge in [-0.15, -0.1) is 11.8 Å². The van der Waals surface area contributed by atoms with Gasteiger partial charge < -0.3 is 14.8 Å². The lowest BCUT2D eigenvalue weighted by Crippen LogP contribution is -2.38. The third-order valence-corrected chi connectivity index (χ3v) is 7.36. The van der Waals surface area contributed by atoms with Gasteiger partial charge in [-0.1, -0.05) is 31.2 Å². The number of aromatic nitrogens is 1. The standard InChI is InChI=1S/C26H28F3N3O2S/c1-18-9-12-31(13-10-18)24(33)17-35-23-16-32(22-8-3-2-7-21(22)23)14-11-30-25(34)19-5-4-6-20(15-19)26(27,28)29/h2-8,15-16,18H,9-14,17H2,1H3,(H,30,34). The monoisotopic (exact) mass is 503 g/mol. The second-order valence-electron chi connectivity index (χ2n) is 8.89. The van der Waals surface area contributed by atoms with Gasteiger partial charge in [-0.2, -0.15) is 13.2 Å². The molecule has 0 spiro atoms. The number of benzene rings is 2. The summed E-state index contributed by atoms with van der Waals surface area (Å²) in [6.45, 7) is 4.54. The summed E-state index contributed by atoms with van der Waals surface area (Å²) < 4.78 is 40.8. The fourth-order valence-corrected chi connectivity index (χ4v) is 5.22. The lowest BCUT2D eigenvalue weighted by atomic mass is 9.99. The molecule has 9 heteroatoms. The molecule has 3 aromatic rings. The van der Waals surface area contributed by atoms with Gasteiger partial charge >= 0.3 is 6.18 Å². The number of rotatable bonds is 7. The van der Waals surface area contributed by atoms with Crippen molar-refractivity contribution in [2.45, 2.75) is 37.4 Å². The van der Waals surface area contributed by atoms with Gasteiger partial charge in [0.05, 0.1) is 11.3 Å². The summed E-state index contributed by atoms with van der Waals surface area (Å²) in [5, 5.41) is 3.73. The highest BCUT2D eigenvalue weighted by Gasteiger charge is 2.30. The molecule has 1 aliphatic rings. The Balaban J connectivity index is 1.38. The fraction of sp³-hybridized carbons (Fsp3) is 0.385. The van der Waals surface area contributed by atoms with E-state index in [0.717, 1.165) is 53.9 Å². The van der Waals surface area contributed by atoms with Crippen LogP contribution in [-0.4, -0.2) is 46.7 Å². The molecule has 2 aromatic carbocycles. The van der Waals surface area contributed by atoms with Crippen LogP contribution in [0.1, 0.15) is 35.7 Å². The number of halogens is 3. The Morgan fingerprint density at radius 1 is 1.09 bits per heavy atom. The van der Waals surface area contributed by atoms with Gasteiger partial charge in [0.1, 0.15) is 0 Å². The number of likely N-dealkylation sites (tertiary alicyclic amines) is 1. The Morgan fingerprint density at radius 3 is 2.57 bits per heavy atom. The van der Waals surface area contributed by atoms with Crippen LogP contribution in [0.4, 0.5) is 13.2 Å². The van der Waals surface area contributed by atoms with Crippen LogP contribution in [0.5, 0.6) is 0 Å². The molecule has 5 nitrogen and oxygen atoms in total. The maximum atomic E-state index is 12.9. The van der Waals surface area contributed by atoms with E-state index in [-0.39, 0.29) is 18.0 Å². The zero-order valence-electron chi connectivity index (χ0n) is 19.5. The van der Waals surface area contributed by atoms with Crippen molar-refractivity contribution in [3.05, 3.63) is 65.9 Å². The van der Waals surface area contributed by atoms with Gasteiger partial charge in [0.2, 0.25) is 5.91 Å². The quantitative estimate of drug-likeness (QED) is 0.437. The van der Waals surface area contributed by atoms with Crippen LogP contribution in [0.2, 0.25) is 0 Å². The number of carbonyl (C=O) groups is 2. The molecule has 0 radical (unpaired) electrons. The van der Waals surface area contributed by atoms with Gasteiger partial charge in [-0.25, -0.2) is 0 Å². The maximum Gasteiger partial charge on any atom is 0.416 e. The summed E-state index contributed by atoms with van der Waals surface area (Å²) in [4.78, 5) is 28.0. The summed E-state index contributed by atoms with van der Waals surface area (Å²) >= 11 is 1.51. The third-order valence-electron chi connectivity index (χ3n) is 6.33. The summed E-state index contributed by atoms with van der Waals surface area (Å²) in [5.74, 6) is 0.628. The second kappa shape index (κ2) is 10.8. The highest BCUT2D eigenvalue weighted by molar-refractivity contribution is 8.00. The Hall–Kier alpha value is -2.94. The van der Waals surface area contributed by atoms with Crippen LogP contribution >= 0.6 is 11.8 Å². The molecule has 1 aromatic heterocycles. The number of nitrogens with zero attached hydrogens (tertiary/aromatic N) is 2. The highest BCUT2D eigenvalue weighted by atomic mass is 32.2. The molecular formula is C26H28F3N3O2S. The number of carbonyl (C=O) groups excluding carboxylic acids is 2. The molecule has 35 heavy (non-hydrogen) atoms. The van der Waals surface area contributed by atoms with Crippen molar-refractivity contribution in [3.63, 3.8) is 0 Å². The minimum absolute atomic E-state index is 0.0287. The first-order valence-corrected chi connectivity index (χ1v) is 12.6. The topological polar surface area (TPSA) is 54.3 Å². The van der Waals surface area contributed by atoms with Crippen molar-refractivity contribution in [1.29, 1.82) is 0 Å². The van der Waals surface area contributed by atoms with Gasteiger partial charge in [0.15, 0.2) is 0 Å². The zero-order valence-corrected chi connectivity index (χ0v) is 20.3. The lowest BCUT2D eigenvalue weighted by Gasteiger charge is -2.30. The first-order valence-electron chi connectivity index (χ1n) is 11.7. The zero-order chi connectivity index (χ0) is 25.0. The number of piperidine rings is 1. The predicted molar refractivity (Wildman–Crippen MR) is 131 cm³/mol. The molecule has 0 saturated carbocycles. The maximum absolute atomic E-state index is 12.9. The van der Waals surface area contributed by atoms with Crippen LogP contribution in [0.15, 0.2) is 59.6 Å². The summed E-state index contributed by atoms with van der Waals surface area (Å²) in [6.07, 6.45) is -0.441. The summed E-state index contributed by atoms with van der Waals surface area (Å²) in [7, 11) is 0. The van der Waals surface area contributed by atoms with Crippen molar-refractivity contribution < 1.29 is 22.8 Å². The van der Waals surface area contributed by atoms with Crippen molar-refractivity contribution in [3.8, 4) is 0 Å². The number of hydrogen-bond acceptors (Lipinski definition) is 3. The van der Waals surface area contributed by atoms with E-state index in [4.69, 9.17) is 0 Å². The van der Waals surface area contributed by atoms with Crippen molar-refractivity contribution in [1.82, 2.24) is 14.8 Å². The van der Waals surface area contributed by atoms with E-state index in [1.165, 1.54) is 23.9 Å². The summed E-state index contributed by atoms with van der Waals surface area (Å²) in [6, 6.07) is 12.2. The Labute approximate surface area is 206 Å². The SMILES string of the molecule is CC1CCN(C(=O)CSc2cn(CCNC(=O)c3cccc(C(F)(F)F)c3)c3ccccc23)CC1. The lowest BCUT2D eigenvalue weighted by molar-refractivity contribution is -0.137. The van der Waals surface area contributed by atoms with Crippen molar-refractivity contribution in [2.75, 3.05) is 25.4 Å². The molecule has 1 aliphatic heterocycles. The first-order chi connectivity index (χ1) is 16.7. The summed E-state index contributed by atoms with van der Waals surface area (Å²) in [5.41, 5.74) is 0.0958. The molecule has 2 amide bonds. The van der Waals surface area contributed by atoms with E-state index in [9.17, 15) is 22.8 Å². The van der Waals surface area contributed by atoms with Crippen LogP contribution in [-0.2, 0) is 17.5 Å². The molecule has 0 unspecified atom stereocenters. The Morgan fingerprint density at radius 2 is 1.83 bits per heavy atom. The number of para-hydroxylation sites is 1. The van der Waals surface area contributed by atoms with E-state index >= 15 is 0 Å². The number of thioether (sulfide) groups is 1. The van der Waals surface area contributed by atoms with E-state index in [1.54, 1.807) is 0 Å². The minimum Gasteiger partial charge on any atom is -0.350 e. The fourth-order valence-electron chi connectivity index (χ4n) is 4.23. The van der Waals surface area contributed by atoms with Crippen molar-refractivity contribution in [2.24, 2.45) is 5.92 Å². The van der Waals surface area contributed by atoms with Crippen LogP contribution < -0.4 is 5.32 Å². The molecule has 4 rings (SSSR count). The highest BCUT2D eigenvalue weighted by Crippen LogP contribution is 2.31. The number of amides is 2. The number of nitrogens with one attached hydrogen (secondary N) is 1. The van der Waals surface area contributed by atoms with E-state index in [1.807, 2.05) is 39.9 Å². The molecule has 0 atom stereocenters. The minimum atomic E-state index is -4.50. The normalized spacial score (nSPS) is 14.9. The Kier molecular flexibility index (Phi) is 7.74. The first kappa shape index (κ1) is 25.2. The van der Waals surface area contributed by atoms with Gasteiger partial charge in [-0.3, -0.25) is 9.59 Å². The Bertz CT molecular complexity index is 1200. The average Bonchev–Trinajstić information content (AvgIpc) is 3.20. The molecule has 1 fully saturated rings. The van der Waals surface area contributed by atoms with Crippen LogP contribution in [0, 0.1) is 5.92 Å². The molecule has 2 heterocycles. The van der Waals surface area contributed by atoms with Gasteiger partial charge in [0, 0.05) is 53.7 Å². The van der Waals surface area contributed by atoms with Crippen molar-refractivity contribution >= 4 is 34.5 Å². The second-order valence-corrected chi connectivity index (χ2v) is 9.91. The molecule has 1 saturated heterocycles. The van der Waals surface area contributed by atoms with E-state index in [2.05, 4.69) is 12.2 Å².